The van der Waals surface area contributed by atoms with E-state index in [1.807, 2.05) is 30.3 Å². The van der Waals surface area contributed by atoms with Crippen LogP contribution in [0.3, 0.4) is 0 Å². The van der Waals surface area contributed by atoms with Gasteiger partial charge in [0.1, 0.15) is 23.0 Å². The summed E-state index contributed by atoms with van der Waals surface area (Å²) < 4.78 is 10.7. The number of non-ortho nitro benzene ring substituents is 1. The Labute approximate surface area is 249 Å². The van der Waals surface area contributed by atoms with Crippen molar-refractivity contribution in [3.8, 4) is 5.75 Å². The zero-order chi connectivity index (χ0) is 30.8. The van der Waals surface area contributed by atoms with Crippen molar-refractivity contribution in [1.29, 1.82) is 0 Å². The fourth-order valence-corrected chi connectivity index (χ4v) is 5.78. The average molecular weight is 600 g/mol. The number of rotatable bonds is 8. The highest BCUT2D eigenvalue weighted by atomic mass is 32.1. The maximum Gasteiger partial charge on any atom is 0.350 e. The topological polar surface area (TPSA) is 149 Å². The lowest BCUT2D eigenvalue weighted by Crippen LogP contribution is -2.29. The van der Waals surface area contributed by atoms with Crippen LogP contribution in [0, 0.1) is 24.0 Å². The predicted octanol–water partition coefficient (Wildman–Crippen LogP) is 5.66. The smallest absolute Gasteiger partial charge is 0.350 e. The molecule has 12 heteroatoms. The van der Waals surface area contributed by atoms with E-state index in [1.54, 1.807) is 32.0 Å². The third kappa shape index (κ3) is 5.60. The fraction of sp³-hybridized carbons (Fsp3) is 0.161. The highest BCUT2D eigenvalue weighted by Gasteiger charge is 2.48. The minimum atomic E-state index is -1.27. The normalized spacial score (nSPS) is 15.9. The lowest BCUT2D eigenvalue weighted by molar-refractivity contribution is -0.384. The van der Waals surface area contributed by atoms with Crippen molar-refractivity contribution in [2.24, 2.45) is 0 Å². The van der Waals surface area contributed by atoms with E-state index in [4.69, 9.17) is 9.47 Å². The number of aliphatic hydroxyl groups is 1. The second-order valence-corrected chi connectivity index (χ2v) is 10.7. The minimum absolute atomic E-state index is 0.00334. The van der Waals surface area contributed by atoms with Crippen LogP contribution >= 0.6 is 11.3 Å². The van der Waals surface area contributed by atoms with Crippen molar-refractivity contribution in [2.75, 3.05) is 12.0 Å². The first-order chi connectivity index (χ1) is 20.6. The van der Waals surface area contributed by atoms with Gasteiger partial charge in [-0.1, -0.05) is 53.8 Å². The third-order valence-corrected chi connectivity index (χ3v) is 8.03. The molecule has 0 radical (unpaired) electrons. The van der Waals surface area contributed by atoms with Crippen LogP contribution in [0.15, 0.2) is 78.4 Å². The number of nitro groups is 1. The number of nitrogens with zero attached hydrogens (tertiary/aromatic N) is 3. The number of aryl methyl sites for hydroxylation is 2. The molecule has 5 rings (SSSR count). The van der Waals surface area contributed by atoms with Gasteiger partial charge in [-0.2, -0.15) is 0 Å². The van der Waals surface area contributed by atoms with Gasteiger partial charge < -0.3 is 14.6 Å². The van der Waals surface area contributed by atoms with E-state index < -0.39 is 34.4 Å². The Bertz CT molecular complexity index is 1800. The Morgan fingerprint density at radius 3 is 2.49 bits per heavy atom. The first-order valence-electron chi connectivity index (χ1n) is 13.0. The average Bonchev–Trinajstić information content (AvgIpc) is 3.52. The summed E-state index contributed by atoms with van der Waals surface area (Å²) in [6, 6.07) is 18.6. The van der Waals surface area contributed by atoms with Gasteiger partial charge in [-0.15, -0.1) is 0 Å². The number of methoxy groups -OCH3 is 1. The van der Waals surface area contributed by atoms with Crippen molar-refractivity contribution in [3.05, 3.63) is 121 Å². The fourth-order valence-electron chi connectivity index (χ4n) is 4.77. The number of anilines is 1. The maximum atomic E-state index is 13.5. The Hall–Kier alpha value is -5.36. The molecule has 3 aromatic carbocycles. The molecular formula is C31H25N3O8S. The number of hydrogen-bond donors (Lipinski definition) is 1. The molecule has 0 saturated carbocycles. The van der Waals surface area contributed by atoms with E-state index >= 15 is 0 Å². The zero-order valence-corrected chi connectivity index (χ0v) is 24.1. The maximum absolute atomic E-state index is 13.5. The van der Waals surface area contributed by atoms with Crippen LogP contribution in [-0.4, -0.2) is 39.8 Å². The predicted molar refractivity (Wildman–Crippen MR) is 158 cm³/mol. The molecule has 1 aliphatic heterocycles. The summed E-state index contributed by atoms with van der Waals surface area (Å²) in [5, 5.41) is 23.1. The number of amides is 1. The summed E-state index contributed by atoms with van der Waals surface area (Å²) in [6.45, 7) is 3.65. The van der Waals surface area contributed by atoms with Gasteiger partial charge in [-0.3, -0.25) is 24.6 Å². The highest BCUT2D eigenvalue weighted by molar-refractivity contribution is 7.17. The summed E-state index contributed by atoms with van der Waals surface area (Å²) in [6.07, 6.45) is 0. The number of aromatic nitrogens is 1. The largest absolute Gasteiger partial charge is 0.507 e. The molecule has 1 amide bonds. The van der Waals surface area contributed by atoms with Gasteiger partial charge in [-0.05, 0) is 48.7 Å². The van der Waals surface area contributed by atoms with Crippen LogP contribution in [0.1, 0.15) is 43.7 Å². The number of esters is 1. The van der Waals surface area contributed by atoms with Crippen molar-refractivity contribution >= 4 is 45.6 Å². The number of Topliss-reactive ketones (excluding diaryl/α,β-unsaturated/α-hetero) is 1. The molecule has 43 heavy (non-hydrogen) atoms. The second kappa shape index (κ2) is 11.9. The summed E-state index contributed by atoms with van der Waals surface area (Å²) in [4.78, 5) is 55.7. The second-order valence-electron chi connectivity index (χ2n) is 9.68. The molecule has 1 saturated heterocycles. The number of benzene rings is 3. The monoisotopic (exact) mass is 599 g/mol. The number of ketones is 1. The van der Waals surface area contributed by atoms with Crippen LogP contribution in [0.25, 0.3) is 5.76 Å². The summed E-state index contributed by atoms with van der Waals surface area (Å²) in [5.41, 5.74) is 1.79. The van der Waals surface area contributed by atoms with Crippen LogP contribution < -0.4 is 9.64 Å². The van der Waals surface area contributed by atoms with Crippen molar-refractivity contribution < 1.29 is 33.9 Å². The summed E-state index contributed by atoms with van der Waals surface area (Å²) >= 11 is 0.834. The highest BCUT2D eigenvalue weighted by Crippen LogP contribution is 2.44. The molecular weight excluding hydrogens is 574 g/mol. The molecule has 4 aromatic rings. The number of nitro benzene ring substituents is 1. The molecule has 11 nitrogen and oxygen atoms in total. The van der Waals surface area contributed by atoms with Gasteiger partial charge in [0.15, 0.2) is 5.13 Å². The number of thiazole rings is 1. The molecule has 1 fully saturated rings. The standard InChI is InChI=1S/C31H25N3O8S/c1-17-14-21(12-13-23(17)42-16-19-8-5-4-6-9-19)26(35)24-25(20-10-7-11-22(15-20)34(39)40)33(29(37)27(24)36)31-32-18(2)28(43-31)30(38)41-3/h4-15,25,35H,16H2,1-3H3/b26-24-. The van der Waals surface area contributed by atoms with Gasteiger partial charge in [0.25, 0.3) is 11.5 Å². The molecule has 1 atom stereocenters. The number of carbonyl (C=O) groups is 3. The van der Waals surface area contributed by atoms with E-state index in [1.165, 1.54) is 31.4 Å². The summed E-state index contributed by atoms with van der Waals surface area (Å²) in [7, 11) is 1.20. The zero-order valence-electron chi connectivity index (χ0n) is 23.3. The number of carbonyl (C=O) groups excluding carboxylic acids is 3. The SMILES string of the molecule is COC(=O)c1sc(N2C(=O)C(=O)/C(=C(\O)c3ccc(OCc4ccccc4)c(C)c3)C2c2cccc([N+](=O)[O-])c2)nc1C. The number of hydrogen-bond acceptors (Lipinski definition) is 10. The van der Waals surface area contributed by atoms with E-state index in [0.29, 0.717) is 17.9 Å². The quantitative estimate of drug-likeness (QED) is 0.0676. The third-order valence-electron chi connectivity index (χ3n) is 6.89. The number of ether oxygens (including phenoxy) is 2. The van der Waals surface area contributed by atoms with Crippen molar-refractivity contribution in [2.45, 2.75) is 26.5 Å². The van der Waals surface area contributed by atoms with Crippen LogP contribution in [0.4, 0.5) is 10.8 Å². The lowest BCUT2D eigenvalue weighted by Gasteiger charge is -2.23. The molecule has 1 aliphatic rings. The van der Waals surface area contributed by atoms with Gasteiger partial charge in [-0.25, -0.2) is 9.78 Å². The lowest BCUT2D eigenvalue weighted by atomic mass is 9.94. The van der Waals surface area contributed by atoms with E-state index in [2.05, 4.69) is 4.98 Å². The van der Waals surface area contributed by atoms with Crippen LogP contribution in [-0.2, 0) is 20.9 Å². The first kappa shape index (κ1) is 29.1. The van der Waals surface area contributed by atoms with E-state index in [0.717, 1.165) is 21.8 Å². The summed E-state index contributed by atoms with van der Waals surface area (Å²) in [5.74, 6) is -2.61. The van der Waals surface area contributed by atoms with Gasteiger partial charge in [0, 0.05) is 17.7 Å². The van der Waals surface area contributed by atoms with Crippen molar-refractivity contribution in [3.63, 3.8) is 0 Å². The molecule has 1 unspecified atom stereocenters. The Kier molecular flexibility index (Phi) is 8.04. The molecule has 0 spiro atoms. The Morgan fingerprint density at radius 2 is 1.81 bits per heavy atom. The van der Waals surface area contributed by atoms with Crippen LogP contribution in [0.5, 0.6) is 5.75 Å². The minimum Gasteiger partial charge on any atom is -0.507 e. The van der Waals surface area contributed by atoms with Gasteiger partial charge in [0.05, 0.1) is 29.3 Å². The van der Waals surface area contributed by atoms with Gasteiger partial charge in [0.2, 0.25) is 0 Å². The van der Waals surface area contributed by atoms with E-state index in [9.17, 15) is 29.6 Å². The van der Waals surface area contributed by atoms with Gasteiger partial charge >= 0.3 is 11.9 Å². The first-order valence-corrected chi connectivity index (χ1v) is 13.8. The molecule has 0 aliphatic carbocycles. The van der Waals surface area contributed by atoms with Crippen molar-refractivity contribution in [1.82, 2.24) is 4.98 Å². The Morgan fingerprint density at radius 1 is 1.07 bits per heavy atom. The molecule has 1 aromatic heterocycles. The number of aliphatic hydroxyl groups excluding tert-OH is 1. The Balaban J connectivity index is 1.60. The molecule has 218 valence electrons. The molecule has 2 heterocycles. The van der Waals surface area contributed by atoms with Crippen LogP contribution in [0.2, 0.25) is 0 Å². The molecule has 0 bridgehead atoms. The van der Waals surface area contributed by atoms with E-state index in [-0.39, 0.29) is 38.1 Å². The molecule has 1 N–H and O–H groups in total.